The van der Waals surface area contributed by atoms with Crippen LogP contribution in [0.25, 0.3) is 0 Å². The highest BCUT2D eigenvalue weighted by atomic mass is 79.9. The molecule has 2 rings (SSSR count). The summed E-state index contributed by atoms with van der Waals surface area (Å²) in [5, 5.41) is 0. The lowest BCUT2D eigenvalue weighted by atomic mass is 10.2. The summed E-state index contributed by atoms with van der Waals surface area (Å²) in [6.07, 6.45) is 0. The van der Waals surface area contributed by atoms with Crippen LogP contribution in [0.15, 0.2) is 40.2 Å². The first-order chi connectivity index (χ1) is 8.66. The molecule has 2 nitrogen and oxygen atoms in total. The van der Waals surface area contributed by atoms with Gasteiger partial charge in [-0.05, 0) is 34.1 Å². The Morgan fingerprint density at radius 3 is 2.72 bits per heavy atom. The van der Waals surface area contributed by atoms with Gasteiger partial charge in [0.25, 0.3) is 0 Å². The van der Waals surface area contributed by atoms with E-state index in [9.17, 15) is 9.18 Å². The minimum absolute atomic E-state index is 0.0404. The maximum Gasteiger partial charge on any atom is 0.198 e. The third kappa shape index (κ3) is 3.48. The first kappa shape index (κ1) is 13.4. The van der Waals surface area contributed by atoms with Crippen LogP contribution >= 0.6 is 27.3 Å². The zero-order valence-electron chi connectivity index (χ0n) is 9.36. The van der Waals surface area contributed by atoms with E-state index in [4.69, 9.17) is 4.74 Å². The van der Waals surface area contributed by atoms with Crippen molar-refractivity contribution in [3.05, 3.63) is 56.4 Å². The average molecular weight is 329 g/mol. The Morgan fingerprint density at radius 1 is 1.28 bits per heavy atom. The van der Waals surface area contributed by atoms with Crippen LogP contribution in [0.5, 0.6) is 0 Å². The molecule has 0 N–H and O–H groups in total. The fourth-order valence-corrected chi connectivity index (χ4v) is 2.71. The summed E-state index contributed by atoms with van der Waals surface area (Å²) >= 11 is 4.65. The minimum atomic E-state index is -0.316. The second-order valence-corrected chi connectivity index (χ2v) is 6.07. The molecule has 0 spiro atoms. The molecule has 0 radical (unpaired) electrons. The van der Waals surface area contributed by atoms with Crippen LogP contribution in [-0.4, -0.2) is 12.4 Å². The molecule has 0 fully saturated rings. The van der Waals surface area contributed by atoms with Crippen LogP contribution in [-0.2, 0) is 11.3 Å². The lowest BCUT2D eigenvalue weighted by Gasteiger charge is -2.03. The molecule has 0 aliphatic rings. The summed E-state index contributed by atoms with van der Waals surface area (Å²) in [6.45, 7) is 0.0618. The van der Waals surface area contributed by atoms with Crippen molar-refractivity contribution in [2.45, 2.75) is 6.61 Å². The first-order valence-corrected chi connectivity index (χ1v) is 6.87. The number of ketones is 1. The van der Waals surface area contributed by atoms with Gasteiger partial charge in [-0.2, -0.15) is 0 Å². The van der Waals surface area contributed by atoms with Crippen molar-refractivity contribution in [3.8, 4) is 0 Å². The molecule has 18 heavy (non-hydrogen) atoms. The molecular formula is C13H10BrFO2S. The third-order valence-corrected chi connectivity index (χ3v) is 3.96. The summed E-state index contributed by atoms with van der Waals surface area (Å²) in [4.78, 5) is 12.3. The summed E-state index contributed by atoms with van der Waals surface area (Å²) in [6, 6.07) is 9.92. The molecule has 0 aliphatic carbocycles. The van der Waals surface area contributed by atoms with Crippen LogP contribution in [0.2, 0.25) is 0 Å². The fraction of sp³-hybridized carbons (Fsp3) is 0.154. The van der Waals surface area contributed by atoms with Crippen molar-refractivity contribution in [2.75, 3.05) is 6.61 Å². The van der Waals surface area contributed by atoms with Gasteiger partial charge in [-0.15, -0.1) is 11.3 Å². The van der Waals surface area contributed by atoms with Gasteiger partial charge in [0.15, 0.2) is 5.78 Å². The Balaban J connectivity index is 1.86. The van der Waals surface area contributed by atoms with E-state index in [1.807, 2.05) is 6.07 Å². The van der Waals surface area contributed by atoms with Crippen molar-refractivity contribution in [2.24, 2.45) is 0 Å². The fourth-order valence-electron chi connectivity index (χ4n) is 1.40. The van der Waals surface area contributed by atoms with Crippen molar-refractivity contribution in [3.63, 3.8) is 0 Å². The molecule has 0 aliphatic heterocycles. The van der Waals surface area contributed by atoms with Crippen LogP contribution in [0.1, 0.15) is 15.2 Å². The molecule has 0 saturated heterocycles. The molecule has 94 valence electrons. The molecule has 0 bridgehead atoms. The lowest BCUT2D eigenvalue weighted by molar-refractivity contribution is 0.0725. The first-order valence-electron chi connectivity index (χ1n) is 5.26. The van der Waals surface area contributed by atoms with E-state index < -0.39 is 0 Å². The van der Waals surface area contributed by atoms with E-state index in [0.29, 0.717) is 10.4 Å². The van der Waals surface area contributed by atoms with Crippen molar-refractivity contribution >= 4 is 33.0 Å². The van der Waals surface area contributed by atoms with Crippen molar-refractivity contribution in [1.82, 2.24) is 0 Å². The SMILES string of the molecule is O=C(COCc1ccccc1F)c1ccc(Br)s1. The molecule has 2 aromatic rings. The zero-order valence-corrected chi connectivity index (χ0v) is 11.8. The van der Waals surface area contributed by atoms with E-state index in [2.05, 4.69) is 15.9 Å². The minimum Gasteiger partial charge on any atom is -0.368 e. The van der Waals surface area contributed by atoms with Gasteiger partial charge in [-0.1, -0.05) is 18.2 Å². The van der Waals surface area contributed by atoms with Gasteiger partial charge >= 0.3 is 0 Å². The largest absolute Gasteiger partial charge is 0.368 e. The van der Waals surface area contributed by atoms with Gasteiger partial charge in [-0.3, -0.25) is 4.79 Å². The van der Waals surface area contributed by atoms with Crippen LogP contribution < -0.4 is 0 Å². The van der Waals surface area contributed by atoms with Crippen molar-refractivity contribution in [1.29, 1.82) is 0 Å². The molecule has 0 saturated carbocycles. The van der Waals surface area contributed by atoms with Crippen molar-refractivity contribution < 1.29 is 13.9 Å². The third-order valence-electron chi connectivity index (χ3n) is 2.30. The maximum atomic E-state index is 13.3. The monoisotopic (exact) mass is 328 g/mol. The summed E-state index contributed by atoms with van der Waals surface area (Å²) in [7, 11) is 0. The van der Waals surface area contributed by atoms with Gasteiger partial charge < -0.3 is 4.74 Å². The Morgan fingerprint density at radius 2 is 2.06 bits per heavy atom. The number of rotatable bonds is 5. The number of carbonyl (C=O) groups excluding carboxylic acids is 1. The van der Waals surface area contributed by atoms with E-state index in [1.165, 1.54) is 17.4 Å². The van der Waals surface area contributed by atoms with Crippen LogP contribution in [0.3, 0.4) is 0 Å². The summed E-state index contributed by atoms with van der Waals surface area (Å²) < 4.78 is 19.4. The second-order valence-electron chi connectivity index (χ2n) is 3.61. The van der Waals surface area contributed by atoms with E-state index in [1.54, 1.807) is 24.3 Å². The molecule has 1 heterocycles. The average Bonchev–Trinajstić information content (AvgIpc) is 2.78. The smallest absolute Gasteiger partial charge is 0.198 e. The van der Waals surface area contributed by atoms with Gasteiger partial charge in [-0.25, -0.2) is 4.39 Å². The van der Waals surface area contributed by atoms with Gasteiger partial charge in [0.2, 0.25) is 0 Å². The number of halogens is 2. The number of carbonyl (C=O) groups is 1. The van der Waals surface area contributed by atoms with Gasteiger partial charge in [0.05, 0.1) is 15.3 Å². The Labute approximate surface area is 117 Å². The molecule has 0 unspecified atom stereocenters. The van der Waals surface area contributed by atoms with Gasteiger partial charge in [0, 0.05) is 5.56 Å². The quantitative estimate of drug-likeness (QED) is 0.774. The molecule has 1 aromatic carbocycles. The van der Waals surface area contributed by atoms with Crippen LogP contribution in [0.4, 0.5) is 4.39 Å². The predicted molar refractivity (Wildman–Crippen MR) is 72.4 cm³/mol. The topological polar surface area (TPSA) is 26.3 Å². The number of hydrogen-bond donors (Lipinski definition) is 0. The summed E-state index contributed by atoms with van der Waals surface area (Å²) in [5.41, 5.74) is 0.456. The number of ether oxygens (including phenoxy) is 1. The van der Waals surface area contributed by atoms with E-state index in [0.717, 1.165) is 3.79 Å². The summed E-state index contributed by atoms with van der Waals surface area (Å²) in [5.74, 6) is -0.411. The normalized spacial score (nSPS) is 10.6. The Kier molecular flexibility index (Phi) is 4.63. The Bertz CT molecular complexity index is 553. The standard InChI is InChI=1S/C13H10BrFO2S/c14-13-6-5-12(18-13)11(16)8-17-7-9-3-1-2-4-10(9)15/h1-6H,7-8H2. The number of thiophene rings is 1. The van der Waals surface area contributed by atoms with E-state index in [-0.39, 0.29) is 24.8 Å². The van der Waals surface area contributed by atoms with Gasteiger partial charge in [0.1, 0.15) is 12.4 Å². The highest BCUT2D eigenvalue weighted by molar-refractivity contribution is 9.11. The second kappa shape index (κ2) is 6.22. The maximum absolute atomic E-state index is 13.3. The molecule has 0 amide bonds. The van der Waals surface area contributed by atoms with Crippen LogP contribution in [0, 0.1) is 5.82 Å². The number of benzene rings is 1. The molecular weight excluding hydrogens is 319 g/mol. The number of hydrogen-bond acceptors (Lipinski definition) is 3. The Hall–Kier alpha value is -1.04. The van der Waals surface area contributed by atoms with E-state index >= 15 is 0 Å². The lowest BCUT2D eigenvalue weighted by Crippen LogP contribution is -2.08. The highest BCUT2D eigenvalue weighted by Crippen LogP contribution is 2.22. The molecule has 5 heteroatoms. The predicted octanol–water partition coefficient (Wildman–Crippen LogP) is 4.05. The molecule has 1 aromatic heterocycles. The zero-order chi connectivity index (χ0) is 13.0. The highest BCUT2D eigenvalue weighted by Gasteiger charge is 2.09. The number of Topliss-reactive ketones (excluding diaryl/α,β-unsaturated/α-hetero) is 1. The molecule has 0 atom stereocenters.